The Hall–Kier alpha value is -3.06. The van der Waals surface area contributed by atoms with Crippen molar-refractivity contribution in [2.45, 2.75) is 0 Å². The highest BCUT2D eigenvalue weighted by molar-refractivity contribution is 5.59. The molecule has 0 saturated carbocycles. The number of rotatable bonds is 7. The Kier molecular flexibility index (Phi) is 5.15. The molecule has 0 fully saturated rings. The Labute approximate surface area is 145 Å². The fourth-order valence-electron chi connectivity index (χ4n) is 2.33. The van der Waals surface area contributed by atoms with Gasteiger partial charge in [-0.25, -0.2) is 4.68 Å². The highest BCUT2D eigenvalue weighted by Crippen LogP contribution is 2.26. The molecule has 1 N–H and O–H groups in total. The largest absolute Gasteiger partial charge is 0.497 e. The number of nitrogens with zero attached hydrogens (tertiary/aromatic N) is 3. The maximum Gasteiger partial charge on any atom is 0.336 e. The van der Waals surface area contributed by atoms with Crippen molar-refractivity contribution in [1.82, 2.24) is 14.8 Å². The average Bonchev–Trinajstić information content (AvgIpc) is 3.11. The summed E-state index contributed by atoms with van der Waals surface area (Å²) in [6.07, 6.45) is 0. The average molecular weight is 341 g/mol. The van der Waals surface area contributed by atoms with Crippen LogP contribution in [0, 0.1) is 0 Å². The van der Waals surface area contributed by atoms with Gasteiger partial charge in [0.2, 0.25) is 0 Å². The molecule has 1 aromatic heterocycles. The van der Waals surface area contributed by atoms with Crippen LogP contribution >= 0.6 is 0 Å². The lowest BCUT2D eigenvalue weighted by Crippen LogP contribution is -2.02. The van der Waals surface area contributed by atoms with Crippen LogP contribution in [0.15, 0.2) is 48.5 Å². The molecule has 0 radical (unpaired) electrons. The molecule has 0 saturated heterocycles. The third kappa shape index (κ3) is 3.72. The number of hydrogen-bond acceptors (Lipinski definition) is 6. The van der Waals surface area contributed by atoms with Gasteiger partial charge in [-0.1, -0.05) is 0 Å². The van der Waals surface area contributed by atoms with Crippen LogP contribution in [0.3, 0.4) is 0 Å². The Morgan fingerprint density at radius 3 is 2.20 bits per heavy atom. The lowest BCUT2D eigenvalue weighted by molar-refractivity contribution is 0.201. The van der Waals surface area contributed by atoms with E-state index in [2.05, 4.69) is 10.1 Å². The second kappa shape index (κ2) is 7.67. The zero-order valence-corrected chi connectivity index (χ0v) is 14.0. The first kappa shape index (κ1) is 16.8. The predicted octanol–water partition coefficient (Wildman–Crippen LogP) is 2.32. The maximum atomic E-state index is 8.82. The van der Waals surface area contributed by atoms with Crippen molar-refractivity contribution in [1.29, 1.82) is 0 Å². The van der Waals surface area contributed by atoms with Crippen molar-refractivity contribution < 1.29 is 19.3 Å². The Morgan fingerprint density at radius 1 is 0.920 bits per heavy atom. The summed E-state index contributed by atoms with van der Waals surface area (Å²) in [6, 6.07) is 15.2. The van der Waals surface area contributed by atoms with E-state index in [1.807, 2.05) is 48.5 Å². The minimum absolute atomic E-state index is 0.0231. The van der Waals surface area contributed by atoms with Gasteiger partial charge in [-0.15, -0.1) is 5.10 Å². The molecule has 0 spiro atoms. The summed E-state index contributed by atoms with van der Waals surface area (Å²) in [5, 5.41) is 13.2. The number of hydrogen-bond donors (Lipinski definition) is 1. The van der Waals surface area contributed by atoms with E-state index in [0.717, 1.165) is 17.0 Å². The van der Waals surface area contributed by atoms with Gasteiger partial charge in [0.15, 0.2) is 5.82 Å². The molecule has 1 heterocycles. The fraction of sp³-hybridized carbons (Fsp3) is 0.222. The van der Waals surface area contributed by atoms with Gasteiger partial charge in [0.05, 0.1) is 26.5 Å². The molecule has 3 aromatic rings. The molecule has 0 aliphatic carbocycles. The van der Waals surface area contributed by atoms with Gasteiger partial charge in [0, 0.05) is 5.56 Å². The first-order valence-corrected chi connectivity index (χ1v) is 7.74. The second-order valence-corrected chi connectivity index (χ2v) is 5.13. The van der Waals surface area contributed by atoms with Crippen LogP contribution in [-0.2, 0) is 0 Å². The predicted molar refractivity (Wildman–Crippen MR) is 92.5 cm³/mol. The van der Waals surface area contributed by atoms with Crippen LogP contribution in [0.2, 0.25) is 0 Å². The zero-order chi connectivity index (χ0) is 17.6. The van der Waals surface area contributed by atoms with Crippen LogP contribution < -0.4 is 14.2 Å². The SMILES string of the molecule is COc1ccc(-n2nc(OC)nc2-c2ccc(OCCO)cc2)cc1. The Morgan fingerprint density at radius 2 is 1.60 bits per heavy atom. The van der Waals surface area contributed by atoms with E-state index in [1.165, 1.54) is 7.11 Å². The molecule has 130 valence electrons. The zero-order valence-electron chi connectivity index (χ0n) is 14.0. The van der Waals surface area contributed by atoms with Gasteiger partial charge in [0.25, 0.3) is 0 Å². The molecular formula is C18H19N3O4. The van der Waals surface area contributed by atoms with Crippen LogP contribution in [0.5, 0.6) is 17.5 Å². The van der Waals surface area contributed by atoms with Crippen LogP contribution in [0.4, 0.5) is 0 Å². The van der Waals surface area contributed by atoms with Crippen LogP contribution in [0.1, 0.15) is 0 Å². The molecule has 7 nitrogen and oxygen atoms in total. The van der Waals surface area contributed by atoms with Crippen LogP contribution in [0.25, 0.3) is 17.1 Å². The fourth-order valence-corrected chi connectivity index (χ4v) is 2.33. The third-order valence-electron chi connectivity index (χ3n) is 3.56. The molecule has 0 aliphatic rings. The molecule has 0 unspecified atom stereocenters. The Balaban J connectivity index is 1.96. The number of ether oxygens (including phenoxy) is 3. The lowest BCUT2D eigenvalue weighted by Gasteiger charge is -2.08. The standard InChI is InChI=1S/C18H19N3O4/c1-23-15-9-5-14(6-10-15)21-17(19-18(20-21)24-2)13-3-7-16(8-4-13)25-12-11-22/h3-10,22H,11-12H2,1-2H3. The van der Waals surface area contributed by atoms with E-state index in [4.69, 9.17) is 19.3 Å². The monoisotopic (exact) mass is 341 g/mol. The molecule has 7 heteroatoms. The van der Waals surface area contributed by atoms with Gasteiger partial charge < -0.3 is 19.3 Å². The molecule has 3 rings (SSSR count). The van der Waals surface area contributed by atoms with Crippen molar-refractivity contribution in [3.05, 3.63) is 48.5 Å². The summed E-state index contributed by atoms with van der Waals surface area (Å²) in [5.41, 5.74) is 1.70. The quantitative estimate of drug-likeness (QED) is 0.710. The smallest absolute Gasteiger partial charge is 0.336 e. The summed E-state index contributed by atoms with van der Waals surface area (Å²) < 4.78 is 17.5. The van der Waals surface area contributed by atoms with Crippen LogP contribution in [-0.4, -0.2) is 47.3 Å². The van der Waals surface area contributed by atoms with Crippen molar-refractivity contribution >= 4 is 0 Å². The van der Waals surface area contributed by atoms with E-state index < -0.39 is 0 Å². The van der Waals surface area contributed by atoms with E-state index in [-0.39, 0.29) is 19.2 Å². The van der Waals surface area contributed by atoms with Gasteiger partial charge in [-0.2, -0.15) is 4.98 Å². The van der Waals surface area contributed by atoms with E-state index in [0.29, 0.717) is 11.6 Å². The summed E-state index contributed by atoms with van der Waals surface area (Å²) >= 11 is 0. The number of aliphatic hydroxyl groups is 1. The normalized spacial score (nSPS) is 10.5. The maximum absolute atomic E-state index is 8.82. The van der Waals surface area contributed by atoms with Crippen molar-refractivity contribution in [3.63, 3.8) is 0 Å². The first-order chi connectivity index (χ1) is 12.2. The highest BCUT2D eigenvalue weighted by Gasteiger charge is 2.14. The molecule has 2 aromatic carbocycles. The molecule has 25 heavy (non-hydrogen) atoms. The summed E-state index contributed by atoms with van der Waals surface area (Å²) in [5.74, 6) is 2.10. The van der Waals surface area contributed by atoms with E-state index in [9.17, 15) is 0 Å². The van der Waals surface area contributed by atoms with Crippen molar-refractivity contribution in [3.8, 4) is 34.6 Å². The topological polar surface area (TPSA) is 78.6 Å². The number of aromatic nitrogens is 3. The highest BCUT2D eigenvalue weighted by atomic mass is 16.5. The lowest BCUT2D eigenvalue weighted by atomic mass is 10.2. The molecular weight excluding hydrogens is 322 g/mol. The summed E-state index contributed by atoms with van der Waals surface area (Å²) in [6.45, 7) is 0.236. The van der Waals surface area contributed by atoms with Crippen molar-refractivity contribution in [2.24, 2.45) is 0 Å². The molecule has 0 aliphatic heterocycles. The van der Waals surface area contributed by atoms with E-state index >= 15 is 0 Å². The minimum Gasteiger partial charge on any atom is -0.497 e. The molecule has 0 atom stereocenters. The third-order valence-corrected chi connectivity index (χ3v) is 3.56. The number of aliphatic hydroxyl groups excluding tert-OH is 1. The van der Waals surface area contributed by atoms with Crippen molar-refractivity contribution in [2.75, 3.05) is 27.4 Å². The van der Waals surface area contributed by atoms with Gasteiger partial charge >= 0.3 is 6.01 Å². The first-order valence-electron chi connectivity index (χ1n) is 7.74. The van der Waals surface area contributed by atoms with Gasteiger partial charge in [-0.3, -0.25) is 0 Å². The van der Waals surface area contributed by atoms with Gasteiger partial charge in [0.1, 0.15) is 18.1 Å². The molecule has 0 bridgehead atoms. The summed E-state index contributed by atoms with van der Waals surface area (Å²) in [4.78, 5) is 4.43. The van der Waals surface area contributed by atoms with E-state index in [1.54, 1.807) is 11.8 Å². The summed E-state index contributed by atoms with van der Waals surface area (Å²) in [7, 11) is 3.16. The minimum atomic E-state index is -0.0231. The number of benzene rings is 2. The second-order valence-electron chi connectivity index (χ2n) is 5.13. The van der Waals surface area contributed by atoms with Gasteiger partial charge in [-0.05, 0) is 48.5 Å². The number of methoxy groups -OCH3 is 2. The molecule has 0 amide bonds. The Bertz CT molecular complexity index is 813.